The van der Waals surface area contributed by atoms with Gasteiger partial charge in [-0.3, -0.25) is 4.57 Å². The Bertz CT molecular complexity index is 2630. The van der Waals surface area contributed by atoms with Gasteiger partial charge in [0.05, 0.1) is 29.1 Å². The lowest BCUT2D eigenvalue weighted by atomic mass is 9.93. The maximum absolute atomic E-state index is 5.01. The van der Waals surface area contributed by atoms with Crippen LogP contribution in [-0.2, 0) is 0 Å². The Hall–Kier alpha value is -6.33. The number of hydrogen-bond donors (Lipinski definition) is 0. The molecule has 0 atom stereocenters. The highest BCUT2D eigenvalue weighted by Gasteiger charge is 2.33. The third-order valence-electron chi connectivity index (χ3n) is 10.8. The molecule has 5 nitrogen and oxygen atoms in total. The van der Waals surface area contributed by atoms with Gasteiger partial charge in [0.25, 0.3) is 0 Å². The van der Waals surface area contributed by atoms with E-state index < -0.39 is 0 Å². The molecule has 0 bridgehead atoms. The summed E-state index contributed by atoms with van der Waals surface area (Å²) in [5.41, 5.74) is 12.9. The van der Waals surface area contributed by atoms with Crippen LogP contribution < -0.4 is 14.7 Å². The predicted octanol–water partition coefficient (Wildman–Crippen LogP) is 13.2. The summed E-state index contributed by atoms with van der Waals surface area (Å²) in [5, 5.41) is 2.40. The van der Waals surface area contributed by atoms with Gasteiger partial charge in [-0.1, -0.05) is 98.8 Å². The highest BCUT2D eigenvalue weighted by Crippen LogP contribution is 2.46. The zero-order chi connectivity index (χ0) is 37.0. The van der Waals surface area contributed by atoms with Crippen molar-refractivity contribution in [3.05, 3.63) is 169 Å². The number of pyridine rings is 1. The SMILES string of the molecule is CC(C)c1ccccc1-c1ccnc(-n2c3ccccc3c3ccc(N(c4ccccc4)c4cccc(N5CN(C(C)(C)C)c6ccccc65)c4)cc32)c1. The third-order valence-corrected chi connectivity index (χ3v) is 10.8. The summed E-state index contributed by atoms with van der Waals surface area (Å²) in [6, 6.07) is 57.0. The molecular weight excluding hydrogens is 659 g/mol. The van der Waals surface area contributed by atoms with Gasteiger partial charge in [0.15, 0.2) is 0 Å². The van der Waals surface area contributed by atoms with Gasteiger partial charge in [-0.25, -0.2) is 4.98 Å². The number of anilines is 6. The summed E-state index contributed by atoms with van der Waals surface area (Å²) in [6.07, 6.45) is 1.95. The molecule has 54 heavy (non-hydrogen) atoms. The highest BCUT2D eigenvalue weighted by molar-refractivity contribution is 6.10. The van der Waals surface area contributed by atoms with E-state index in [0.29, 0.717) is 5.92 Å². The number of rotatable bonds is 7. The fraction of sp³-hybridized carbons (Fsp3) is 0.163. The van der Waals surface area contributed by atoms with Crippen molar-refractivity contribution in [2.24, 2.45) is 0 Å². The third kappa shape index (κ3) is 5.77. The van der Waals surface area contributed by atoms with Crippen molar-refractivity contribution in [3.63, 3.8) is 0 Å². The number of nitrogens with zero attached hydrogens (tertiary/aromatic N) is 5. The number of benzene rings is 6. The smallest absolute Gasteiger partial charge is 0.138 e. The number of fused-ring (bicyclic) bond motifs is 4. The molecule has 8 aromatic rings. The van der Waals surface area contributed by atoms with Gasteiger partial charge in [0.2, 0.25) is 0 Å². The standard InChI is InChI=1S/C49H45N5/c1-34(2)40-20-9-10-21-41(40)35-28-29-50-48(30-35)54-44-23-12-11-22-42(44)43-27-26-39(32-47(43)54)53(36-16-7-6-8-17-36)38-19-15-18-37(31-38)51-33-52(49(3,4)5)46-25-14-13-24-45(46)51/h6-32,34H,33H2,1-5H3. The van der Waals surface area contributed by atoms with E-state index in [9.17, 15) is 0 Å². The Kier molecular flexibility index (Phi) is 8.23. The average molecular weight is 704 g/mol. The van der Waals surface area contributed by atoms with E-state index in [1.54, 1.807) is 0 Å². The maximum atomic E-state index is 5.01. The molecule has 9 rings (SSSR count). The van der Waals surface area contributed by atoms with Crippen molar-refractivity contribution in [1.29, 1.82) is 0 Å². The first kappa shape index (κ1) is 33.5. The Balaban J connectivity index is 1.20. The summed E-state index contributed by atoms with van der Waals surface area (Å²) in [7, 11) is 0. The maximum Gasteiger partial charge on any atom is 0.138 e. The van der Waals surface area contributed by atoms with Crippen molar-refractivity contribution in [2.45, 2.75) is 46.1 Å². The summed E-state index contributed by atoms with van der Waals surface area (Å²) in [6.45, 7) is 12.2. The second-order valence-electron chi connectivity index (χ2n) is 15.5. The van der Waals surface area contributed by atoms with Crippen LogP contribution >= 0.6 is 0 Å². The molecule has 266 valence electrons. The van der Waals surface area contributed by atoms with Crippen LogP contribution in [0.2, 0.25) is 0 Å². The van der Waals surface area contributed by atoms with E-state index in [4.69, 9.17) is 4.98 Å². The van der Waals surface area contributed by atoms with Gasteiger partial charge >= 0.3 is 0 Å². The fourth-order valence-electron chi connectivity index (χ4n) is 8.15. The van der Waals surface area contributed by atoms with Gasteiger partial charge in [-0.15, -0.1) is 0 Å². The van der Waals surface area contributed by atoms with E-state index in [1.165, 1.54) is 38.8 Å². The van der Waals surface area contributed by atoms with Crippen molar-refractivity contribution in [3.8, 4) is 16.9 Å². The summed E-state index contributed by atoms with van der Waals surface area (Å²) in [4.78, 5) is 12.3. The minimum absolute atomic E-state index is 0.0153. The molecule has 3 heterocycles. The van der Waals surface area contributed by atoms with Crippen molar-refractivity contribution in [1.82, 2.24) is 9.55 Å². The van der Waals surface area contributed by atoms with Crippen molar-refractivity contribution < 1.29 is 0 Å². The van der Waals surface area contributed by atoms with E-state index in [1.807, 2.05) is 6.20 Å². The minimum atomic E-state index is -0.0153. The average Bonchev–Trinajstić information content (AvgIpc) is 3.75. The van der Waals surface area contributed by atoms with Crippen LogP contribution in [0.1, 0.15) is 46.1 Å². The zero-order valence-corrected chi connectivity index (χ0v) is 31.6. The molecular formula is C49H45N5. The fourth-order valence-corrected chi connectivity index (χ4v) is 8.15. The van der Waals surface area contributed by atoms with Crippen LogP contribution in [0.4, 0.5) is 34.1 Å². The van der Waals surface area contributed by atoms with Gasteiger partial charge in [-0.05, 0) is 116 Å². The van der Waals surface area contributed by atoms with Crippen molar-refractivity contribution >= 4 is 55.9 Å². The molecule has 0 saturated carbocycles. The molecule has 6 aromatic carbocycles. The monoisotopic (exact) mass is 703 g/mol. The Labute approximate surface area is 318 Å². The predicted molar refractivity (Wildman–Crippen MR) is 228 cm³/mol. The minimum Gasteiger partial charge on any atom is -0.347 e. The van der Waals surface area contributed by atoms with Gasteiger partial charge in [-0.2, -0.15) is 0 Å². The van der Waals surface area contributed by atoms with E-state index in [-0.39, 0.29) is 5.54 Å². The van der Waals surface area contributed by atoms with Crippen LogP contribution in [0.5, 0.6) is 0 Å². The summed E-state index contributed by atoms with van der Waals surface area (Å²) < 4.78 is 2.33. The molecule has 0 spiro atoms. The van der Waals surface area contributed by atoms with E-state index in [0.717, 1.165) is 46.3 Å². The Morgan fingerprint density at radius 1 is 0.593 bits per heavy atom. The molecule has 2 aromatic heterocycles. The van der Waals surface area contributed by atoms with Crippen LogP contribution in [0, 0.1) is 0 Å². The number of para-hydroxylation sites is 4. The number of hydrogen-bond acceptors (Lipinski definition) is 4. The second-order valence-corrected chi connectivity index (χ2v) is 15.5. The van der Waals surface area contributed by atoms with Crippen LogP contribution in [0.3, 0.4) is 0 Å². The van der Waals surface area contributed by atoms with Crippen molar-refractivity contribution in [2.75, 3.05) is 21.4 Å². The van der Waals surface area contributed by atoms with E-state index in [2.05, 4.69) is 212 Å². The lowest BCUT2D eigenvalue weighted by Gasteiger charge is -2.34. The molecule has 0 amide bonds. The molecule has 0 radical (unpaired) electrons. The van der Waals surface area contributed by atoms with Crippen LogP contribution in [0.25, 0.3) is 38.8 Å². The molecule has 0 N–H and O–H groups in total. The summed E-state index contributed by atoms with van der Waals surface area (Å²) in [5.74, 6) is 1.31. The lowest BCUT2D eigenvalue weighted by molar-refractivity contribution is 0.518. The molecule has 0 saturated heterocycles. The first-order chi connectivity index (χ1) is 26.3. The molecule has 0 aliphatic carbocycles. The normalized spacial score (nSPS) is 12.9. The van der Waals surface area contributed by atoms with Gasteiger partial charge < -0.3 is 14.7 Å². The molecule has 1 aliphatic heterocycles. The second kappa shape index (κ2) is 13.3. The largest absolute Gasteiger partial charge is 0.347 e. The Morgan fingerprint density at radius 3 is 2.09 bits per heavy atom. The molecule has 5 heteroatoms. The van der Waals surface area contributed by atoms with Crippen LogP contribution in [-0.4, -0.2) is 21.8 Å². The van der Waals surface area contributed by atoms with Gasteiger partial charge in [0.1, 0.15) is 5.82 Å². The zero-order valence-electron chi connectivity index (χ0n) is 31.6. The first-order valence-corrected chi connectivity index (χ1v) is 18.9. The van der Waals surface area contributed by atoms with E-state index >= 15 is 0 Å². The molecule has 0 unspecified atom stereocenters. The topological polar surface area (TPSA) is 27.5 Å². The Morgan fingerprint density at radius 2 is 1.28 bits per heavy atom. The molecule has 1 aliphatic rings. The first-order valence-electron chi connectivity index (χ1n) is 18.9. The number of aromatic nitrogens is 2. The lowest BCUT2D eigenvalue weighted by Crippen LogP contribution is -2.42. The quantitative estimate of drug-likeness (QED) is 0.165. The summed E-state index contributed by atoms with van der Waals surface area (Å²) >= 11 is 0. The van der Waals surface area contributed by atoms with Gasteiger partial charge in [0, 0.05) is 45.3 Å². The van der Waals surface area contributed by atoms with Crippen LogP contribution in [0.15, 0.2) is 164 Å². The molecule has 0 fully saturated rings. The highest BCUT2D eigenvalue weighted by atomic mass is 15.4.